The van der Waals surface area contributed by atoms with Crippen LogP contribution in [0.25, 0.3) is 0 Å². The van der Waals surface area contributed by atoms with E-state index in [4.69, 9.17) is 5.11 Å². The largest absolute Gasteiger partial charge is 0.396 e. The van der Waals surface area contributed by atoms with Gasteiger partial charge < -0.3 is 10.4 Å². The Kier molecular flexibility index (Phi) is 10.7. The molecule has 2 N–H and O–H groups in total. The molecule has 122 valence electrons. The minimum Gasteiger partial charge on any atom is -0.396 e. The third-order valence-electron chi connectivity index (χ3n) is 2.60. The topological polar surface area (TPSA) is 49.3 Å². The van der Waals surface area contributed by atoms with Crippen LogP contribution in [0.15, 0.2) is 0 Å². The Labute approximate surface area is 131 Å². The Morgan fingerprint density at radius 1 is 1.15 bits per heavy atom. The van der Waals surface area contributed by atoms with Crippen LogP contribution in [-0.2, 0) is 4.79 Å². The minimum absolute atomic E-state index is 0.0776. The van der Waals surface area contributed by atoms with Crippen LogP contribution < -0.4 is 5.32 Å². The smallest absolute Gasteiger partial charge is 0.232 e. The first-order valence-corrected chi connectivity index (χ1v) is 7.93. The van der Waals surface area contributed by atoms with Gasteiger partial charge in [-0.3, -0.25) is 4.79 Å². The van der Waals surface area contributed by atoms with Gasteiger partial charge in [0, 0.05) is 12.1 Å². The number of rotatable bonds is 5. The van der Waals surface area contributed by atoms with Gasteiger partial charge in [0.25, 0.3) is 0 Å². The molecule has 1 amide bonds. The first-order valence-electron chi connectivity index (χ1n) is 7.41. The first kappa shape index (κ1) is 22.1. The van der Waals surface area contributed by atoms with E-state index in [-0.39, 0.29) is 23.3 Å². The molecular formula is C16H35NO2S. The van der Waals surface area contributed by atoms with E-state index in [2.05, 4.69) is 52.6 Å². The third kappa shape index (κ3) is 15.8. The van der Waals surface area contributed by atoms with Gasteiger partial charge in [-0.2, -0.15) is 12.6 Å². The van der Waals surface area contributed by atoms with Crippen LogP contribution in [0, 0.1) is 11.3 Å². The number of thiol groups is 1. The number of amides is 1. The predicted octanol–water partition coefficient (Wildman–Crippen LogP) is 3.66. The van der Waals surface area contributed by atoms with E-state index < -0.39 is 0 Å². The van der Waals surface area contributed by atoms with Crippen molar-refractivity contribution in [1.82, 2.24) is 5.32 Å². The van der Waals surface area contributed by atoms with E-state index in [0.29, 0.717) is 11.8 Å². The second-order valence-corrected chi connectivity index (χ2v) is 8.46. The van der Waals surface area contributed by atoms with Crippen LogP contribution in [0.5, 0.6) is 0 Å². The van der Waals surface area contributed by atoms with Gasteiger partial charge in [-0.15, -0.1) is 0 Å². The highest BCUT2D eigenvalue weighted by atomic mass is 32.1. The molecule has 0 saturated carbocycles. The summed E-state index contributed by atoms with van der Waals surface area (Å²) in [5.41, 5.74) is 0.178. The zero-order valence-corrected chi connectivity index (χ0v) is 15.5. The Morgan fingerprint density at radius 3 is 1.80 bits per heavy atom. The van der Waals surface area contributed by atoms with Gasteiger partial charge in [0.15, 0.2) is 0 Å². The quantitative estimate of drug-likeness (QED) is 0.679. The van der Waals surface area contributed by atoms with Gasteiger partial charge >= 0.3 is 0 Å². The van der Waals surface area contributed by atoms with Crippen molar-refractivity contribution in [2.45, 2.75) is 79.0 Å². The number of carbonyl (C=O) groups excluding carboxylic acids is 1. The monoisotopic (exact) mass is 305 g/mol. The van der Waals surface area contributed by atoms with Gasteiger partial charge in [-0.25, -0.2) is 0 Å². The van der Waals surface area contributed by atoms with Gasteiger partial charge in [-0.1, -0.05) is 34.6 Å². The van der Waals surface area contributed by atoms with Crippen LogP contribution in [0.1, 0.15) is 68.2 Å². The molecule has 3 nitrogen and oxygen atoms in total. The summed E-state index contributed by atoms with van der Waals surface area (Å²) in [6, 6.07) is 0. The van der Waals surface area contributed by atoms with Crippen LogP contribution in [0.2, 0.25) is 0 Å². The Bertz CT molecular complexity index is 268. The summed E-state index contributed by atoms with van der Waals surface area (Å²) in [7, 11) is 0. The van der Waals surface area contributed by atoms with Crippen molar-refractivity contribution in [3.63, 3.8) is 0 Å². The fourth-order valence-electron chi connectivity index (χ4n) is 2.00. The first-order chi connectivity index (χ1) is 8.80. The fourth-order valence-corrected chi connectivity index (χ4v) is 2.07. The van der Waals surface area contributed by atoms with E-state index in [0.717, 1.165) is 5.92 Å². The molecule has 0 bridgehead atoms. The summed E-state index contributed by atoms with van der Waals surface area (Å²) >= 11 is 4.00. The van der Waals surface area contributed by atoms with Crippen LogP contribution in [0.3, 0.4) is 0 Å². The highest BCUT2D eigenvalue weighted by Crippen LogP contribution is 2.23. The summed E-state index contributed by atoms with van der Waals surface area (Å²) in [6.07, 6.45) is 1.88. The highest BCUT2D eigenvalue weighted by Gasteiger charge is 2.21. The van der Waals surface area contributed by atoms with Crippen molar-refractivity contribution in [3.05, 3.63) is 0 Å². The summed E-state index contributed by atoms with van der Waals surface area (Å²) < 4.78 is 0. The van der Waals surface area contributed by atoms with Crippen molar-refractivity contribution < 1.29 is 9.90 Å². The molecule has 0 aliphatic carbocycles. The maximum absolute atomic E-state index is 11.2. The van der Waals surface area contributed by atoms with Crippen molar-refractivity contribution in [2.24, 2.45) is 11.3 Å². The Morgan fingerprint density at radius 2 is 1.60 bits per heavy atom. The highest BCUT2D eigenvalue weighted by molar-refractivity contribution is 7.81. The summed E-state index contributed by atoms with van der Waals surface area (Å²) in [5, 5.41) is 11.2. The molecule has 0 heterocycles. The van der Waals surface area contributed by atoms with E-state index >= 15 is 0 Å². The predicted molar refractivity (Wildman–Crippen MR) is 91.3 cm³/mol. The lowest BCUT2D eigenvalue weighted by Gasteiger charge is -2.26. The Hall–Kier alpha value is -0.220. The van der Waals surface area contributed by atoms with Crippen molar-refractivity contribution >= 4 is 18.5 Å². The Balaban J connectivity index is 0. The van der Waals surface area contributed by atoms with Crippen LogP contribution in [-0.4, -0.2) is 28.4 Å². The average Bonchev–Trinajstić information content (AvgIpc) is 2.12. The lowest BCUT2D eigenvalue weighted by Crippen LogP contribution is -2.46. The molecule has 0 aromatic rings. The number of aliphatic hydroxyl groups is 1. The van der Waals surface area contributed by atoms with Crippen LogP contribution in [0.4, 0.5) is 0 Å². The molecule has 0 fully saturated rings. The molecule has 0 aliphatic rings. The van der Waals surface area contributed by atoms with Gasteiger partial charge in [-0.05, 0) is 44.9 Å². The maximum atomic E-state index is 11.2. The number of hydrogen-bond acceptors (Lipinski definition) is 3. The summed E-state index contributed by atoms with van der Waals surface area (Å²) in [5.74, 6) is 0.742. The van der Waals surface area contributed by atoms with E-state index in [1.165, 1.54) is 6.42 Å². The lowest BCUT2D eigenvalue weighted by atomic mass is 9.86. The van der Waals surface area contributed by atoms with Crippen molar-refractivity contribution in [2.75, 3.05) is 6.61 Å². The fraction of sp³-hybridized carbons (Fsp3) is 0.938. The van der Waals surface area contributed by atoms with Gasteiger partial charge in [0.1, 0.15) is 0 Å². The molecule has 20 heavy (non-hydrogen) atoms. The molecule has 0 aromatic heterocycles. The van der Waals surface area contributed by atoms with E-state index in [9.17, 15) is 4.79 Å². The molecule has 0 aliphatic heterocycles. The van der Waals surface area contributed by atoms with Gasteiger partial charge in [0.2, 0.25) is 5.91 Å². The number of hydrogen-bond donors (Lipinski definition) is 3. The number of carbonyl (C=O) groups is 1. The average molecular weight is 306 g/mol. The van der Waals surface area contributed by atoms with Crippen molar-refractivity contribution in [1.29, 1.82) is 0 Å². The summed E-state index contributed by atoms with van der Waals surface area (Å²) in [4.78, 5) is 11.2. The molecule has 4 heteroatoms. The standard InChI is InChI=1S/C8H17NO2S.C8H18/c1-6(12)7(11)9-8(2,3)4-5-10;1-7(2)6-8(3,4)5/h6,10,12H,4-5H2,1-3H3,(H,9,11);7H,6H2,1-5H3. The third-order valence-corrected chi connectivity index (χ3v) is 2.83. The van der Waals surface area contributed by atoms with E-state index in [1.807, 2.05) is 13.8 Å². The second kappa shape index (κ2) is 9.67. The zero-order valence-electron chi connectivity index (χ0n) is 14.6. The molecule has 1 unspecified atom stereocenters. The molecule has 0 aromatic carbocycles. The lowest BCUT2D eigenvalue weighted by molar-refractivity contribution is -0.122. The molecular weight excluding hydrogens is 270 g/mol. The molecule has 0 rings (SSSR count). The molecule has 0 radical (unpaired) electrons. The normalized spacial score (nSPS) is 13.6. The maximum Gasteiger partial charge on any atom is 0.232 e. The number of aliphatic hydroxyl groups excluding tert-OH is 1. The zero-order chi connectivity index (χ0) is 16.6. The van der Waals surface area contributed by atoms with E-state index in [1.54, 1.807) is 6.92 Å². The SMILES string of the molecule is CC(C)CC(C)(C)C.CC(S)C(=O)NC(C)(C)CCO. The van der Waals surface area contributed by atoms with Crippen molar-refractivity contribution in [3.8, 4) is 0 Å². The minimum atomic E-state index is -0.344. The van der Waals surface area contributed by atoms with Crippen LogP contribution >= 0.6 is 12.6 Å². The second-order valence-electron chi connectivity index (χ2n) is 7.68. The number of nitrogens with one attached hydrogen (secondary N) is 1. The molecule has 0 saturated heterocycles. The molecule has 1 atom stereocenters. The summed E-state index contributed by atoms with van der Waals surface area (Å²) in [6.45, 7) is 16.9. The van der Waals surface area contributed by atoms with Gasteiger partial charge in [0.05, 0.1) is 5.25 Å². The molecule has 0 spiro atoms.